The zero-order chi connectivity index (χ0) is 18.3. The molecule has 0 fully saturated rings. The van der Waals surface area contributed by atoms with Crippen LogP contribution in [0.4, 0.5) is 5.69 Å². The zero-order valence-electron chi connectivity index (χ0n) is 14.3. The fourth-order valence-electron chi connectivity index (χ4n) is 3.60. The van der Waals surface area contributed by atoms with Crippen molar-refractivity contribution in [1.82, 2.24) is 5.32 Å². The van der Waals surface area contributed by atoms with Crippen molar-refractivity contribution in [2.45, 2.75) is 12.6 Å². The number of nitrogens with one attached hydrogen (secondary N) is 2. The van der Waals surface area contributed by atoms with Crippen LogP contribution in [0.2, 0.25) is 0 Å². The Labute approximate surface area is 151 Å². The van der Waals surface area contributed by atoms with E-state index in [0.717, 1.165) is 24.2 Å². The number of methoxy groups -OCH3 is 1. The topological polar surface area (TPSA) is 104 Å². The van der Waals surface area contributed by atoms with Crippen LogP contribution in [0.1, 0.15) is 21.5 Å². The molecule has 2 aliphatic rings. The number of carbonyl (C=O) groups excluding carboxylic acids is 1. The van der Waals surface area contributed by atoms with E-state index in [9.17, 15) is 4.79 Å². The highest BCUT2D eigenvalue weighted by Crippen LogP contribution is 2.36. The van der Waals surface area contributed by atoms with E-state index in [1.807, 2.05) is 18.2 Å². The molecule has 0 saturated carbocycles. The first-order chi connectivity index (χ1) is 12.6. The molecule has 0 saturated heterocycles. The van der Waals surface area contributed by atoms with Crippen molar-refractivity contribution in [3.05, 3.63) is 59.2 Å². The van der Waals surface area contributed by atoms with Crippen LogP contribution in [0.25, 0.3) is 0 Å². The number of hydrogen-bond donors (Lipinski definition) is 3. The minimum Gasteiger partial charge on any atom is -0.497 e. The van der Waals surface area contributed by atoms with Crippen molar-refractivity contribution >= 4 is 23.0 Å². The van der Waals surface area contributed by atoms with Gasteiger partial charge >= 0.3 is 0 Å². The van der Waals surface area contributed by atoms with Crippen LogP contribution in [0, 0.1) is 5.41 Å². The summed E-state index contributed by atoms with van der Waals surface area (Å²) in [6, 6.07) is 12.9. The lowest BCUT2D eigenvalue weighted by Gasteiger charge is -2.36. The Morgan fingerprint density at radius 1 is 1.31 bits per heavy atom. The number of rotatable bonds is 4. The van der Waals surface area contributed by atoms with Gasteiger partial charge in [-0.2, -0.15) is 5.10 Å². The van der Waals surface area contributed by atoms with Gasteiger partial charge in [0.05, 0.1) is 24.1 Å². The summed E-state index contributed by atoms with van der Waals surface area (Å²) in [5, 5.41) is 15.4. The van der Waals surface area contributed by atoms with E-state index in [2.05, 4.69) is 15.3 Å². The molecule has 1 amide bonds. The molecule has 0 spiro atoms. The fraction of sp³-hybridized carbons (Fsp3) is 0.211. The molecule has 2 aliphatic heterocycles. The number of nitrogens with two attached hydrogens (primary N) is 1. The van der Waals surface area contributed by atoms with E-state index in [1.54, 1.807) is 31.4 Å². The smallest absolute Gasteiger partial charge is 0.255 e. The second-order valence-corrected chi connectivity index (χ2v) is 6.25. The van der Waals surface area contributed by atoms with E-state index in [1.165, 1.54) is 0 Å². The predicted molar refractivity (Wildman–Crippen MR) is 100 cm³/mol. The second kappa shape index (κ2) is 6.18. The minimum absolute atomic E-state index is 0.173. The molecular formula is C19H19N5O2. The molecular weight excluding hydrogens is 330 g/mol. The van der Waals surface area contributed by atoms with Gasteiger partial charge in [0.1, 0.15) is 17.6 Å². The van der Waals surface area contributed by atoms with Gasteiger partial charge < -0.3 is 20.8 Å². The molecule has 2 heterocycles. The van der Waals surface area contributed by atoms with Gasteiger partial charge in [-0.3, -0.25) is 10.2 Å². The summed E-state index contributed by atoms with van der Waals surface area (Å²) in [6.07, 6.45) is 0.292. The molecule has 1 unspecified atom stereocenters. The van der Waals surface area contributed by atoms with Gasteiger partial charge in [-0.05, 0) is 42.3 Å². The molecule has 26 heavy (non-hydrogen) atoms. The summed E-state index contributed by atoms with van der Waals surface area (Å²) >= 11 is 0. The largest absolute Gasteiger partial charge is 0.497 e. The Balaban J connectivity index is 1.70. The lowest BCUT2D eigenvalue weighted by molar-refractivity contribution is 0.0940. The molecule has 0 radical (unpaired) electrons. The number of nitrogens with zero attached hydrogens (tertiary/aromatic N) is 2. The van der Waals surface area contributed by atoms with Crippen molar-refractivity contribution in [3.63, 3.8) is 0 Å². The maximum absolute atomic E-state index is 12.6. The SMILES string of the molecule is COc1ccc(C(=N)/C(=N\N)C2NC(=O)c3cccc4c3N2CC4)cc1. The van der Waals surface area contributed by atoms with E-state index in [-0.39, 0.29) is 11.6 Å². The van der Waals surface area contributed by atoms with Gasteiger partial charge in [0.25, 0.3) is 5.91 Å². The van der Waals surface area contributed by atoms with Gasteiger partial charge in [-0.1, -0.05) is 12.1 Å². The normalized spacial score (nSPS) is 18.3. The summed E-state index contributed by atoms with van der Waals surface area (Å²) in [7, 11) is 1.59. The summed E-state index contributed by atoms with van der Waals surface area (Å²) in [6.45, 7) is 0.742. The maximum atomic E-state index is 12.6. The number of amides is 1. The Morgan fingerprint density at radius 2 is 2.08 bits per heavy atom. The van der Waals surface area contributed by atoms with Gasteiger partial charge in [0.15, 0.2) is 0 Å². The van der Waals surface area contributed by atoms with Crippen LogP contribution >= 0.6 is 0 Å². The zero-order valence-corrected chi connectivity index (χ0v) is 14.3. The third-order valence-corrected chi connectivity index (χ3v) is 4.89. The quantitative estimate of drug-likeness (QED) is 0.442. The number of ether oxygens (including phenoxy) is 1. The van der Waals surface area contributed by atoms with E-state index < -0.39 is 6.17 Å². The number of carbonyl (C=O) groups is 1. The highest BCUT2D eigenvalue weighted by atomic mass is 16.5. The predicted octanol–water partition coefficient (Wildman–Crippen LogP) is 1.51. The molecule has 7 nitrogen and oxygen atoms in total. The standard InChI is InChI=1S/C19H19N5O2/c1-26-13-7-5-11(6-8-13)15(20)16(23-21)18-22-19(25)14-4-2-3-12-9-10-24(18)17(12)14/h2-8,18,20H,9-10,21H2,1H3,(H,22,25)/b20-15?,23-16+. The first kappa shape index (κ1) is 16.1. The van der Waals surface area contributed by atoms with Crippen molar-refractivity contribution < 1.29 is 9.53 Å². The van der Waals surface area contributed by atoms with Crippen molar-refractivity contribution in [1.29, 1.82) is 5.41 Å². The number of benzene rings is 2. The number of anilines is 1. The maximum Gasteiger partial charge on any atom is 0.255 e. The third-order valence-electron chi connectivity index (χ3n) is 4.89. The van der Waals surface area contributed by atoms with Gasteiger partial charge in [-0.25, -0.2) is 0 Å². The summed E-state index contributed by atoms with van der Waals surface area (Å²) in [5.74, 6) is 6.17. The van der Waals surface area contributed by atoms with Crippen molar-refractivity contribution in [2.24, 2.45) is 10.9 Å². The molecule has 2 aromatic rings. The number of hydrazone groups is 1. The summed E-state index contributed by atoms with van der Waals surface area (Å²) in [5.41, 5.74) is 3.87. The van der Waals surface area contributed by atoms with Gasteiger partial charge in [0, 0.05) is 12.1 Å². The Morgan fingerprint density at radius 3 is 2.77 bits per heavy atom. The van der Waals surface area contributed by atoms with Crippen molar-refractivity contribution in [3.8, 4) is 5.75 Å². The first-order valence-electron chi connectivity index (χ1n) is 8.34. The molecule has 4 rings (SSSR count). The Kier molecular flexibility index (Phi) is 3.84. The van der Waals surface area contributed by atoms with E-state index in [0.29, 0.717) is 22.6 Å². The van der Waals surface area contributed by atoms with Crippen molar-refractivity contribution in [2.75, 3.05) is 18.6 Å². The first-order valence-corrected chi connectivity index (χ1v) is 8.34. The molecule has 0 aliphatic carbocycles. The molecule has 7 heteroatoms. The van der Waals surface area contributed by atoms with E-state index >= 15 is 0 Å². The van der Waals surface area contributed by atoms with Crippen LogP contribution in [0.3, 0.4) is 0 Å². The molecule has 4 N–H and O–H groups in total. The average Bonchev–Trinajstić information content (AvgIpc) is 3.11. The van der Waals surface area contributed by atoms with E-state index in [4.69, 9.17) is 16.0 Å². The lowest BCUT2D eigenvalue weighted by Crippen LogP contribution is -2.58. The highest BCUT2D eigenvalue weighted by Gasteiger charge is 2.39. The number of hydrogen-bond acceptors (Lipinski definition) is 6. The van der Waals surface area contributed by atoms with Crippen LogP contribution in [0.15, 0.2) is 47.6 Å². The Hall–Kier alpha value is -3.35. The summed E-state index contributed by atoms with van der Waals surface area (Å²) in [4.78, 5) is 14.6. The van der Waals surface area contributed by atoms with Gasteiger partial charge in [0.2, 0.25) is 0 Å². The highest BCUT2D eigenvalue weighted by molar-refractivity contribution is 6.49. The third kappa shape index (κ3) is 2.40. The molecule has 0 bridgehead atoms. The van der Waals surface area contributed by atoms with Crippen LogP contribution < -0.4 is 20.8 Å². The van der Waals surface area contributed by atoms with Gasteiger partial charge in [-0.15, -0.1) is 0 Å². The minimum atomic E-state index is -0.557. The van der Waals surface area contributed by atoms with Crippen LogP contribution in [-0.4, -0.2) is 37.2 Å². The molecule has 0 aromatic heterocycles. The lowest BCUT2D eigenvalue weighted by atomic mass is 9.99. The van der Waals surface area contributed by atoms with Crippen LogP contribution in [-0.2, 0) is 6.42 Å². The molecule has 132 valence electrons. The summed E-state index contributed by atoms with van der Waals surface area (Å²) < 4.78 is 5.16. The van der Waals surface area contributed by atoms with Crippen LogP contribution in [0.5, 0.6) is 5.75 Å². The second-order valence-electron chi connectivity index (χ2n) is 6.25. The molecule has 2 aromatic carbocycles. The fourth-order valence-corrected chi connectivity index (χ4v) is 3.60. The Bertz CT molecular complexity index is 920. The molecule has 1 atom stereocenters. The number of para-hydroxylation sites is 1. The monoisotopic (exact) mass is 349 g/mol. The average molecular weight is 349 g/mol.